The van der Waals surface area contributed by atoms with E-state index in [9.17, 15) is 18.0 Å². The SMILES string of the molecule is COC(=O)C(C)CN(C)C(=O)CC1CCS(=O)(=O)C1. The van der Waals surface area contributed by atoms with Gasteiger partial charge in [-0.3, -0.25) is 9.59 Å². The molecule has 7 heteroatoms. The van der Waals surface area contributed by atoms with E-state index < -0.39 is 9.84 Å². The second-order valence-corrected chi connectivity index (χ2v) is 7.40. The van der Waals surface area contributed by atoms with Gasteiger partial charge in [-0.05, 0) is 12.3 Å². The minimum atomic E-state index is -2.95. The number of carbonyl (C=O) groups excluding carboxylic acids is 2. The van der Waals surface area contributed by atoms with E-state index in [-0.39, 0.29) is 48.2 Å². The molecule has 2 atom stereocenters. The second kappa shape index (κ2) is 6.36. The summed E-state index contributed by atoms with van der Waals surface area (Å²) in [6.07, 6.45) is 0.776. The smallest absolute Gasteiger partial charge is 0.310 e. The monoisotopic (exact) mass is 291 g/mol. The van der Waals surface area contributed by atoms with Gasteiger partial charge in [0.25, 0.3) is 0 Å². The van der Waals surface area contributed by atoms with Gasteiger partial charge in [0.15, 0.2) is 9.84 Å². The molecule has 1 heterocycles. The van der Waals surface area contributed by atoms with Crippen LogP contribution < -0.4 is 0 Å². The molecule has 1 aliphatic rings. The van der Waals surface area contributed by atoms with Crippen molar-refractivity contribution < 1.29 is 22.7 Å². The zero-order valence-electron chi connectivity index (χ0n) is 11.6. The average Bonchev–Trinajstić information content (AvgIpc) is 2.67. The summed E-state index contributed by atoms with van der Waals surface area (Å²) in [6, 6.07) is 0. The highest BCUT2D eigenvalue weighted by Crippen LogP contribution is 2.22. The third-order valence-corrected chi connectivity index (χ3v) is 5.20. The van der Waals surface area contributed by atoms with Gasteiger partial charge in [0, 0.05) is 20.0 Å². The van der Waals surface area contributed by atoms with Crippen molar-refractivity contribution in [1.82, 2.24) is 4.90 Å². The van der Waals surface area contributed by atoms with Crippen LogP contribution in [0.15, 0.2) is 0 Å². The summed E-state index contributed by atoms with van der Waals surface area (Å²) in [6.45, 7) is 1.97. The van der Waals surface area contributed by atoms with Gasteiger partial charge < -0.3 is 9.64 Å². The van der Waals surface area contributed by atoms with E-state index in [2.05, 4.69) is 4.74 Å². The maximum atomic E-state index is 11.9. The van der Waals surface area contributed by atoms with E-state index in [1.165, 1.54) is 12.0 Å². The third kappa shape index (κ3) is 4.81. The van der Waals surface area contributed by atoms with Gasteiger partial charge >= 0.3 is 5.97 Å². The van der Waals surface area contributed by atoms with Gasteiger partial charge in [0.1, 0.15) is 0 Å². The minimum absolute atomic E-state index is 0.0895. The van der Waals surface area contributed by atoms with Crippen molar-refractivity contribution in [2.75, 3.05) is 32.2 Å². The summed E-state index contributed by atoms with van der Waals surface area (Å²) in [5, 5.41) is 0. The van der Waals surface area contributed by atoms with E-state index in [4.69, 9.17) is 0 Å². The van der Waals surface area contributed by atoms with Gasteiger partial charge in [-0.25, -0.2) is 8.42 Å². The summed E-state index contributed by atoms with van der Waals surface area (Å²) in [4.78, 5) is 24.7. The number of sulfone groups is 1. The van der Waals surface area contributed by atoms with E-state index in [0.29, 0.717) is 6.42 Å². The lowest BCUT2D eigenvalue weighted by Gasteiger charge is -2.21. The molecule has 0 aromatic rings. The molecule has 0 aliphatic carbocycles. The Balaban J connectivity index is 2.43. The first-order chi connectivity index (χ1) is 8.75. The van der Waals surface area contributed by atoms with Crippen molar-refractivity contribution in [3.63, 3.8) is 0 Å². The molecule has 2 unspecified atom stereocenters. The molecule has 0 bridgehead atoms. The Kier molecular flexibility index (Phi) is 5.34. The predicted octanol–water partition coefficient (Wildman–Crippen LogP) is 0.0787. The topological polar surface area (TPSA) is 80.8 Å². The van der Waals surface area contributed by atoms with Crippen LogP contribution in [0, 0.1) is 11.8 Å². The van der Waals surface area contributed by atoms with Crippen molar-refractivity contribution in [2.24, 2.45) is 11.8 Å². The third-order valence-electron chi connectivity index (χ3n) is 3.37. The molecule has 1 saturated heterocycles. The molecule has 0 saturated carbocycles. The van der Waals surface area contributed by atoms with E-state index in [1.807, 2.05) is 0 Å². The lowest BCUT2D eigenvalue weighted by atomic mass is 10.0. The summed E-state index contributed by atoms with van der Waals surface area (Å²) in [5.74, 6) is -0.688. The number of methoxy groups -OCH3 is 1. The molecule has 110 valence electrons. The Morgan fingerprint density at radius 2 is 2.05 bits per heavy atom. The number of rotatable bonds is 5. The summed E-state index contributed by atoms with van der Waals surface area (Å²) in [7, 11) is -0.0262. The van der Waals surface area contributed by atoms with E-state index >= 15 is 0 Å². The number of nitrogens with zero attached hydrogens (tertiary/aromatic N) is 1. The molecular formula is C12H21NO5S. The maximum absolute atomic E-state index is 11.9. The average molecular weight is 291 g/mol. The molecular weight excluding hydrogens is 270 g/mol. The molecule has 0 N–H and O–H groups in total. The van der Waals surface area contributed by atoms with E-state index in [0.717, 1.165) is 0 Å². The normalized spacial score (nSPS) is 22.8. The molecule has 6 nitrogen and oxygen atoms in total. The van der Waals surface area contributed by atoms with Crippen molar-refractivity contribution in [1.29, 1.82) is 0 Å². The molecule has 1 fully saturated rings. The lowest BCUT2D eigenvalue weighted by molar-refractivity contribution is -0.146. The number of esters is 1. The number of hydrogen-bond acceptors (Lipinski definition) is 5. The highest BCUT2D eigenvalue weighted by atomic mass is 32.2. The van der Waals surface area contributed by atoms with Crippen molar-refractivity contribution >= 4 is 21.7 Å². The van der Waals surface area contributed by atoms with Crippen LogP contribution in [0.3, 0.4) is 0 Å². The molecule has 1 aliphatic heterocycles. The lowest BCUT2D eigenvalue weighted by Crippen LogP contribution is -2.35. The maximum Gasteiger partial charge on any atom is 0.310 e. The van der Waals surface area contributed by atoms with Crippen LogP contribution in [0.1, 0.15) is 19.8 Å². The first kappa shape index (κ1) is 15.9. The number of hydrogen-bond donors (Lipinski definition) is 0. The highest BCUT2D eigenvalue weighted by Gasteiger charge is 2.30. The fourth-order valence-corrected chi connectivity index (χ4v) is 4.09. The highest BCUT2D eigenvalue weighted by molar-refractivity contribution is 7.91. The summed E-state index contributed by atoms with van der Waals surface area (Å²) in [5.41, 5.74) is 0. The molecule has 0 spiro atoms. The Morgan fingerprint density at radius 3 is 2.53 bits per heavy atom. The molecule has 1 rings (SSSR count). The second-order valence-electron chi connectivity index (χ2n) is 5.17. The molecule has 1 amide bonds. The minimum Gasteiger partial charge on any atom is -0.469 e. The first-order valence-electron chi connectivity index (χ1n) is 6.27. The van der Waals surface area contributed by atoms with Gasteiger partial charge in [0.2, 0.25) is 5.91 Å². The number of amides is 1. The largest absolute Gasteiger partial charge is 0.469 e. The van der Waals surface area contributed by atoms with E-state index in [1.54, 1.807) is 14.0 Å². The fraction of sp³-hybridized carbons (Fsp3) is 0.833. The predicted molar refractivity (Wildman–Crippen MR) is 70.2 cm³/mol. The van der Waals surface area contributed by atoms with Crippen molar-refractivity contribution in [3.8, 4) is 0 Å². The summed E-state index contributed by atoms with van der Waals surface area (Å²) >= 11 is 0. The Hall–Kier alpha value is -1.11. The fourth-order valence-electron chi connectivity index (χ4n) is 2.22. The van der Waals surface area contributed by atoms with Gasteiger partial charge in [-0.2, -0.15) is 0 Å². The zero-order chi connectivity index (χ0) is 14.6. The van der Waals surface area contributed by atoms with Crippen LogP contribution in [0.2, 0.25) is 0 Å². The number of ether oxygens (including phenoxy) is 1. The van der Waals surface area contributed by atoms with Gasteiger partial charge in [0.05, 0.1) is 24.5 Å². The Labute approximate surface area is 114 Å². The van der Waals surface area contributed by atoms with Crippen molar-refractivity contribution in [3.05, 3.63) is 0 Å². The van der Waals surface area contributed by atoms with Gasteiger partial charge in [-0.15, -0.1) is 0 Å². The molecule has 0 aromatic heterocycles. The first-order valence-corrected chi connectivity index (χ1v) is 8.09. The van der Waals surface area contributed by atoms with Crippen molar-refractivity contribution in [2.45, 2.75) is 19.8 Å². The quantitative estimate of drug-likeness (QED) is 0.670. The van der Waals surface area contributed by atoms with Gasteiger partial charge in [-0.1, -0.05) is 6.92 Å². The van der Waals surface area contributed by atoms with Crippen LogP contribution >= 0.6 is 0 Å². The van der Waals surface area contributed by atoms with Crippen LogP contribution in [0.5, 0.6) is 0 Å². The van der Waals surface area contributed by atoms with Crippen LogP contribution in [-0.4, -0.2) is 57.4 Å². The van der Waals surface area contributed by atoms with Crippen LogP contribution in [0.25, 0.3) is 0 Å². The summed E-state index contributed by atoms with van der Waals surface area (Å²) < 4.78 is 27.2. The van der Waals surface area contributed by atoms with Crippen LogP contribution in [-0.2, 0) is 24.2 Å². The molecule has 0 radical (unpaired) electrons. The standard InChI is InChI=1S/C12H21NO5S/c1-9(12(15)18-3)7-13(2)11(14)6-10-4-5-19(16,17)8-10/h9-10H,4-8H2,1-3H3. The Bertz CT molecular complexity index is 445. The Morgan fingerprint density at radius 1 is 1.42 bits per heavy atom. The molecule has 19 heavy (non-hydrogen) atoms. The number of carbonyl (C=O) groups is 2. The van der Waals surface area contributed by atoms with Crippen LogP contribution in [0.4, 0.5) is 0 Å². The zero-order valence-corrected chi connectivity index (χ0v) is 12.4. The molecule has 0 aromatic carbocycles.